The lowest BCUT2D eigenvalue weighted by molar-refractivity contribution is -0.384. The van der Waals surface area contributed by atoms with Crippen molar-refractivity contribution in [2.24, 2.45) is 0 Å². The number of non-ortho nitro benzene ring substituents is 1. The molecule has 0 fully saturated rings. The fourth-order valence-corrected chi connectivity index (χ4v) is 2.32. The van der Waals surface area contributed by atoms with Gasteiger partial charge in [-0.2, -0.15) is 0 Å². The largest absolute Gasteiger partial charge is 0.495 e. The monoisotopic (exact) mass is 303 g/mol. The predicted molar refractivity (Wildman–Crippen MR) is 79.7 cm³/mol. The van der Waals surface area contributed by atoms with Gasteiger partial charge in [0, 0.05) is 17.7 Å². The molecule has 0 spiro atoms. The number of nitro benzene ring substituents is 1. The number of ether oxygens (including phenoxy) is 1. The summed E-state index contributed by atoms with van der Waals surface area (Å²) in [5.41, 5.74) is 2.05. The van der Waals surface area contributed by atoms with E-state index in [0.29, 0.717) is 27.6 Å². The zero-order valence-electron chi connectivity index (χ0n) is 11.0. The first kappa shape index (κ1) is 13.4. The number of benzene rings is 2. The molecule has 21 heavy (non-hydrogen) atoms. The maximum Gasteiger partial charge on any atom is 0.271 e. The number of aromatic amines is 1. The summed E-state index contributed by atoms with van der Waals surface area (Å²) in [6, 6.07) is 9.78. The van der Waals surface area contributed by atoms with Crippen molar-refractivity contribution in [1.82, 2.24) is 9.97 Å². The Labute approximate surface area is 124 Å². The number of hydrogen-bond donors (Lipinski definition) is 1. The van der Waals surface area contributed by atoms with Crippen molar-refractivity contribution in [3.63, 3.8) is 0 Å². The summed E-state index contributed by atoms with van der Waals surface area (Å²) >= 11 is 6.09. The van der Waals surface area contributed by atoms with Crippen molar-refractivity contribution < 1.29 is 9.66 Å². The van der Waals surface area contributed by atoms with E-state index in [1.54, 1.807) is 25.3 Å². The van der Waals surface area contributed by atoms with Gasteiger partial charge in [-0.25, -0.2) is 4.98 Å². The minimum atomic E-state index is -0.440. The van der Waals surface area contributed by atoms with Crippen LogP contribution in [-0.4, -0.2) is 22.0 Å². The SMILES string of the molecule is COc1ccc(-c2nc3ccc([N+](=O)[O-])cc3[nH]2)cc1Cl. The number of methoxy groups -OCH3 is 1. The van der Waals surface area contributed by atoms with E-state index in [1.807, 2.05) is 6.07 Å². The average molecular weight is 304 g/mol. The topological polar surface area (TPSA) is 81.1 Å². The number of fused-ring (bicyclic) bond motifs is 1. The van der Waals surface area contributed by atoms with Gasteiger partial charge in [0.05, 0.1) is 28.1 Å². The zero-order valence-corrected chi connectivity index (χ0v) is 11.7. The lowest BCUT2D eigenvalue weighted by atomic mass is 10.2. The van der Waals surface area contributed by atoms with Crippen molar-refractivity contribution in [3.05, 3.63) is 51.5 Å². The van der Waals surface area contributed by atoms with Gasteiger partial charge >= 0.3 is 0 Å². The van der Waals surface area contributed by atoms with Crippen LogP contribution in [0.2, 0.25) is 5.02 Å². The molecule has 0 aliphatic carbocycles. The normalized spacial score (nSPS) is 10.8. The zero-order chi connectivity index (χ0) is 15.0. The van der Waals surface area contributed by atoms with Crippen LogP contribution < -0.4 is 4.74 Å². The Kier molecular flexibility index (Phi) is 3.23. The van der Waals surface area contributed by atoms with Crippen LogP contribution in [0.3, 0.4) is 0 Å². The summed E-state index contributed by atoms with van der Waals surface area (Å²) in [7, 11) is 1.54. The maximum atomic E-state index is 10.8. The van der Waals surface area contributed by atoms with Crippen molar-refractivity contribution >= 4 is 28.3 Å². The highest BCUT2D eigenvalue weighted by atomic mass is 35.5. The predicted octanol–water partition coefficient (Wildman–Crippen LogP) is 3.80. The van der Waals surface area contributed by atoms with Gasteiger partial charge in [0.25, 0.3) is 5.69 Å². The Morgan fingerprint density at radius 2 is 2.10 bits per heavy atom. The molecule has 1 N–H and O–H groups in total. The number of H-pyrrole nitrogens is 1. The summed E-state index contributed by atoms with van der Waals surface area (Å²) in [6.45, 7) is 0. The van der Waals surface area contributed by atoms with E-state index in [-0.39, 0.29) is 5.69 Å². The van der Waals surface area contributed by atoms with Gasteiger partial charge in [-0.05, 0) is 24.3 Å². The summed E-state index contributed by atoms with van der Waals surface area (Å²) in [5, 5.41) is 11.3. The number of nitrogens with zero attached hydrogens (tertiary/aromatic N) is 2. The van der Waals surface area contributed by atoms with Crippen LogP contribution in [0.4, 0.5) is 5.69 Å². The summed E-state index contributed by atoms with van der Waals surface area (Å²) in [5.74, 6) is 1.17. The first-order valence-electron chi connectivity index (χ1n) is 6.06. The quantitative estimate of drug-likeness (QED) is 0.589. The second kappa shape index (κ2) is 5.06. The summed E-state index contributed by atoms with van der Waals surface area (Å²) < 4.78 is 5.10. The number of nitrogens with one attached hydrogen (secondary N) is 1. The molecule has 1 aromatic heterocycles. The Morgan fingerprint density at radius 3 is 2.76 bits per heavy atom. The van der Waals surface area contributed by atoms with Crippen molar-refractivity contribution in [3.8, 4) is 17.1 Å². The van der Waals surface area contributed by atoms with Crippen LogP contribution in [0.1, 0.15) is 0 Å². The van der Waals surface area contributed by atoms with E-state index in [1.165, 1.54) is 12.1 Å². The van der Waals surface area contributed by atoms with Gasteiger partial charge < -0.3 is 9.72 Å². The minimum absolute atomic E-state index is 0.0189. The molecule has 0 bridgehead atoms. The first-order valence-corrected chi connectivity index (χ1v) is 6.44. The summed E-state index contributed by atoms with van der Waals surface area (Å²) in [6.07, 6.45) is 0. The van der Waals surface area contributed by atoms with Crippen molar-refractivity contribution in [2.45, 2.75) is 0 Å². The van der Waals surface area contributed by atoms with Gasteiger partial charge in [-0.3, -0.25) is 10.1 Å². The van der Waals surface area contributed by atoms with Crippen molar-refractivity contribution in [2.75, 3.05) is 7.11 Å². The molecule has 106 valence electrons. The highest BCUT2D eigenvalue weighted by Gasteiger charge is 2.11. The molecule has 2 aromatic carbocycles. The van der Waals surface area contributed by atoms with E-state index in [4.69, 9.17) is 16.3 Å². The number of nitro groups is 1. The third-order valence-electron chi connectivity index (χ3n) is 3.10. The Balaban J connectivity index is 2.08. The van der Waals surface area contributed by atoms with E-state index in [9.17, 15) is 10.1 Å². The second-order valence-electron chi connectivity index (χ2n) is 4.39. The lowest BCUT2D eigenvalue weighted by Gasteiger charge is -2.03. The molecule has 0 aliphatic heterocycles. The highest BCUT2D eigenvalue weighted by molar-refractivity contribution is 6.32. The molecule has 0 amide bonds. The van der Waals surface area contributed by atoms with E-state index >= 15 is 0 Å². The van der Waals surface area contributed by atoms with Crippen LogP contribution in [0.15, 0.2) is 36.4 Å². The lowest BCUT2D eigenvalue weighted by Crippen LogP contribution is -1.86. The second-order valence-corrected chi connectivity index (χ2v) is 4.80. The molecule has 0 aliphatic rings. The van der Waals surface area contributed by atoms with E-state index < -0.39 is 4.92 Å². The molecule has 0 unspecified atom stereocenters. The van der Waals surface area contributed by atoms with Crippen LogP contribution in [0.5, 0.6) is 5.75 Å². The maximum absolute atomic E-state index is 10.8. The fourth-order valence-electron chi connectivity index (χ4n) is 2.06. The van der Waals surface area contributed by atoms with Crippen LogP contribution in [0, 0.1) is 10.1 Å². The van der Waals surface area contributed by atoms with Gasteiger partial charge in [0.2, 0.25) is 0 Å². The minimum Gasteiger partial charge on any atom is -0.495 e. The van der Waals surface area contributed by atoms with Gasteiger partial charge in [-0.15, -0.1) is 0 Å². The smallest absolute Gasteiger partial charge is 0.271 e. The number of rotatable bonds is 3. The van der Waals surface area contributed by atoms with Gasteiger partial charge in [0.1, 0.15) is 11.6 Å². The Hall–Kier alpha value is -2.60. The standard InChI is InChI=1S/C14H10ClN3O3/c1-21-13-5-2-8(6-10(13)15)14-16-11-4-3-9(18(19)20)7-12(11)17-14/h2-7H,1H3,(H,16,17). The Bertz CT molecular complexity index is 845. The number of halogens is 1. The molecular weight excluding hydrogens is 294 g/mol. The molecule has 0 saturated heterocycles. The summed E-state index contributed by atoms with van der Waals surface area (Å²) in [4.78, 5) is 17.8. The molecular formula is C14H10ClN3O3. The average Bonchev–Trinajstić information content (AvgIpc) is 2.89. The van der Waals surface area contributed by atoms with Crippen LogP contribution >= 0.6 is 11.6 Å². The first-order chi connectivity index (χ1) is 10.1. The Morgan fingerprint density at radius 1 is 1.29 bits per heavy atom. The number of hydrogen-bond acceptors (Lipinski definition) is 4. The fraction of sp³-hybridized carbons (Fsp3) is 0.0714. The molecule has 0 radical (unpaired) electrons. The number of aromatic nitrogens is 2. The molecule has 3 aromatic rings. The molecule has 3 rings (SSSR count). The number of imidazole rings is 1. The molecule has 0 atom stereocenters. The highest BCUT2D eigenvalue weighted by Crippen LogP contribution is 2.30. The van der Waals surface area contributed by atoms with Gasteiger partial charge in [-0.1, -0.05) is 11.6 Å². The third kappa shape index (κ3) is 2.41. The molecule has 1 heterocycles. The third-order valence-corrected chi connectivity index (χ3v) is 3.40. The molecule has 0 saturated carbocycles. The molecule has 7 heteroatoms. The van der Waals surface area contributed by atoms with Crippen LogP contribution in [-0.2, 0) is 0 Å². The van der Waals surface area contributed by atoms with Gasteiger partial charge in [0.15, 0.2) is 0 Å². The van der Waals surface area contributed by atoms with Crippen LogP contribution in [0.25, 0.3) is 22.4 Å². The van der Waals surface area contributed by atoms with Crippen molar-refractivity contribution in [1.29, 1.82) is 0 Å². The van der Waals surface area contributed by atoms with E-state index in [2.05, 4.69) is 9.97 Å². The molecule has 6 nitrogen and oxygen atoms in total. The van der Waals surface area contributed by atoms with E-state index in [0.717, 1.165) is 5.56 Å².